The highest BCUT2D eigenvalue weighted by molar-refractivity contribution is 4.82. The average Bonchev–Trinajstić information content (AvgIpc) is 2.28. The standard InChI is InChI=1S/C10H15NO2.C2H6/c1-3-4-8-13-10(2)9-12-7-5-6-11;1-2/h1,10H,4-5,7-9H2,2H3;1-2H3. The second-order valence-corrected chi connectivity index (χ2v) is 2.62. The van der Waals surface area contributed by atoms with Gasteiger partial charge in [-0.25, -0.2) is 0 Å². The van der Waals surface area contributed by atoms with Crippen molar-refractivity contribution in [1.29, 1.82) is 5.26 Å². The zero-order chi connectivity index (χ0) is 11.9. The lowest BCUT2D eigenvalue weighted by molar-refractivity contribution is -0.00300. The molecule has 0 aliphatic heterocycles. The van der Waals surface area contributed by atoms with Gasteiger partial charge in [-0.1, -0.05) is 13.8 Å². The lowest BCUT2D eigenvalue weighted by Gasteiger charge is -2.11. The highest BCUT2D eigenvalue weighted by atomic mass is 16.5. The Bertz CT molecular complexity index is 191. The van der Waals surface area contributed by atoms with Gasteiger partial charge in [-0.15, -0.1) is 12.3 Å². The third kappa shape index (κ3) is 15.7. The molecular weight excluding hydrogens is 190 g/mol. The summed E-state index contributed by atoms with van der Waals surface area (Å²) in [4.78, 5) is 0. The van der Waals surface area contributed by atoms with Crippen molar-refractivity contribution in [3.8, 4) is 18.4 Å². The maximum Gasteiger partial charge on any atom is 0.0780 e. The molecule has 86 valence electrons. The Kier molecular flexibility index (Phi) is 16.9. The van der Waals surface area contributed by atoms with Crippen molar-refractivity contribution in [2.75, 3.05) is 19.8 Å². The first-order valence-electron chi connectivity index (χ1n) is 5.31. The number of terminal acetylenes is 1. The van der Waals surface area contributed by atoms with E-state index < -0.39 is 0 Å². The molecule has 15 heavy (non-hydrogen) atoms. The fraction of sp³-hybridized carbons (Fsp3) is 0.750. The van der Waals surface area contributed by atoms with Crippen LogP contribution < -0.4 is 0 Å². The summed E-state index contributed by atoms with van der Waals surface area (Å²) in [5, 5.41) is 8.22. The van der Waals surface area contributed by atoms with Crippen LogP contribution in [0.1, 0.15) is 33.6 Å². The van der Waals surface area contributed by atoms with E-state index in [-0.39, 0.29) is 6.10 Å². The highest BCUT2D eigenvalue weighted by Gasteiger charge is 2.00. The van der Waals surface area contributed by atoms with Gasteiger partial charge in [0.2, 0.25) is 0 Å². The first-order valence-corrected chi connectivity index (χ1v) is 5.31. The molecule has 0 saturated heterocycles. The predicted molar refractivity (Wildman–Crippen MR) is 61.3 cm³/mol. The average molecular weight is 211 g/mol. The first kappa shape index (κ1) is 16.4. The van der Waals surface area contributed by atoms with Gasteiger partial charge in [-0.05, 0) is 6.92 Å². The lowest BCUT2D eigenvalue weighted by atomic mass is 10.4. The predicted octanol–water partition coefficient (Wildman–Crippen LogP) is 2.37. The smallest absolute Gasteiger partial charge is 0.0780 e. The van der Waals surface area contributed by atoms with Crippen LogP contribution in [0.25, 0.3) is 0 Å². The van der Waals surface area contributed by atoms with E-state index in [1.807, 2.05) is 26.8 Å². The maximum absolute atomic E-state index is 8.22. The monoisotopic (exact) mass is 211 g/mol. The number of nitrogens with zero attached hydrogens (tertiary/aromatic N) is 1. The van der Waals surface area contributed by atoms with E-state index in [1.165, 1.54) is 0 Å². The molecule has 3 nitrogen and oxygen atoms in total. The van der Waals surface area contributed by atoms with Gasteiger partial charge >= 0.3 is 0 Å². The molecule has 0 aromatic heterocycles. The van der Waals surface area contributed by atoms with Crippen molar-refractivity contribution in [3.63, 3.8) is 0 Å². The Hall–Kier alpha value is -1.03. The molecule has 0 aliphatic carbocycles. The largest absolute Gasteiger partial charge is 0.378 e. The number of ether oxygens (including phenoxy) is 2. The van der Waals surface area contributed by atoms with Crippen LogP contribution >= 0.6 is 0 Å². The van der Waals surface area contributed by atoms with E-state index in [9.17, 15) is 0 Å². The van der Waals surface area contributed by atoms with Crippen LogP contribution in [0, 0.1) is 23.7 Å². The van der Waals surface area contributed by atoms with Gasteiger partial charge in [0, 0.05) is 6.42 Å². The van der Waals surface area contributed by atoms with Crippen molar-refractivity contribution in [1.82, 2.24) is 0 Å². The van der Waals surface area contributed by atoms with Gasteiger partial charge in [0.05, 0.1) is 38.4 Å². The minimum atomic E-state index is 0.0482. The minimum Gasteiger partial charge on any atom is -0.378 e. The van der Waals surface area contributed by atoms with Crippen molar-refractivity contribution in [2.45, 2.75) is 39.7 Å². The molecule has 0 aliphatic rings. The van der Waals surface area contributed by atoms with Crippen LogP contribution in [0.2, 0.25) is 0 Å². The van der Waals surface area contributed by atoms with Gasteiger partial charge in [-0.3, -0.25) is 0 Å². The van der Waals surface area contributed by atoms with E-state index in [4.69, 9.17) is 21.2 Å². The van der Waals surface area contributed by atoms with Crippen molar-refractivity contribution < 1.29 is 9.47 Å². The summed E-state index contributed by atoms with van der Waals surface area (Å²) in [6.07, 6.45) is 6.16. The van der Waals surface area contributed by atoms with E-state index in [0.717, 1.165) is 0 Å². The molecule has 3 heteroatoms. The summed E-state index contributed by atoms with van der Waals surface area (Å²) in [5.74, 6) is 2.49. The second kappa shape index (κ2) is 15.4. The van der Waals surface area contributed by atoms with E-state index in [1.54, 1.807) is 0 Å². The molecule has 0 rings (SSSR count). The van der Waals surface area contributed by atoms with Crippen LogP contribution in [-0.2, 0) is 9.47 Å². The minimum absolute atomic E-state index is 0.0482. The zero-order valence-electron chi connectivity index (χ0n) is 9.95. The van der Waals surface area contributed by atoms with Crippen LogP contribution in [0.4, 0.5) is 0 Å². The molecule has 1 unspecified atom stereocenters. The second-order valence-electron chi connectivity index (χ2n) is 2.62. The van der Waals surface area contributed by atoms with Crippen molar-refractivity contribution in [3.05, 3.63) is 0 Å². The summed E-state index contributed by atoms with van der Waals surface area (Å²) in [7, 11) is 0. The molecule has 0 aromatic rings. The zero-order valence-corrected chi connectivity index (χ0v) is 9.95. The van der Waals surface area contributed by atoms with Gasteiger partial charge < -0.3 is 9.47 Å². The molecule has 0 aromatic carbocycles. The van der Waals surface area contributed by atoms with Crippen molar-refractivity contribution >= 4 is 0 Å². The SMILES string of the molecule is C#CCCOC(C)COCCC#N.CC. The fourth-order valence-electron chi connectivity index (χ4n) is 0.734. The van der Waals surface area contributed by atoms with Gasteiger partial charge in [-0.2, -0.15) is 5.26 Å². The van der Waals surface area contributed by atoms with Crippen LogP contribution in [0.5, 0.6) is 0 Å². The molecule has 0 bridgehead atoms. The lowest BCUT2D eigenvalue weighted by Crippen LogP contribution is -2.16. The Labute approximate surface area is 93.4 Å². The molecule has 0 amide bonds. The maximum atomic E-state index is 8.22. The van der Waals surface area contributed by atoms with Crippen LogP contribution in [0.3, 0.4) is 0 Å². The summed E-state index contributed by atoms with van der Waals surface area (Å²) in [5.41, 5.74) is 0. The molecule has 0 N–H and O–H groups in total. The quantitative estimate of drug-likeness (QED) is 0.479. The first-order chi connectivity index (χ1) is 7.31. The third-order valence-corrected chi connectivity index (χ3v) is 1.36. The Morgan fingerprint density at radius 2 is 1.93 bits per heavy atom. The molecule has 0 saturated carbocycles. The molecule has 0 fully saturated rings. The van der Waals surface area contributed by atoms with Gasteiger partial charge in [0.25, 0.3) is 0 Å². The van der Waals surface area contributed by atoms with Crippen LogP contribution in [0.15, 0.2) is 0 Å². The number of hydrogen-bond acceptors (Lipinski definition) is 3. The third-order valence-electron chi connectivity index (χ3n) is 1.36. The van der Waals surface area contributed by atoms with E-state index in [2.05, 4.69) is 5.92 Å². The Balaban J connectivity index is 0. The summed E-state index contributed by atoms with van der Waals surface area (Å²) >= 11 is 0. The van der Waals surface area contributed by atoms with Crippen LogP contribution in [-0.4, -0.2) is 25.9 Å². The summed E-state index contributed by atoms with van der Waals surface area (Å²) in [6, 6.07) is 2.00. The molecule has 0 heterocycles. The Morgan fingerprint density at radius 1 is 1.27 bits per heavy atom. The van der Waals surface area contributed by atoms with Crippen molar-refractivity contribution in [2.24, 2.45) is 0 Å². The highest BCUT2D eigenvalue weighted by Crippen LogP contribution is 1.93. The number of hydrogen-bond donors (Lipinski definition) is 0. The van der Waals surface area contributed by atoms with Gasteiger partial charge in [0.15, 0.2) is 0 Å². The summed E-state index contributed by atoms with van der Waals surface area (Å²) in [6.45, 7) is 7.48. The fourth-order valence-corrected chi connectivity index (χ4v) is 0.734. The molecule has 1 atom stereocenters. The normalized spacial score (nSPS) is 10.5. The number of nitriles is 1. The molecule has 0 spiro atoms. The Morgan fingerprint density at radius 3 is 2.47 bits per heavy atom. The topological polar surface area (TPSA) is 42.2 Å². The molecule has 0 radical (unpaired) electrons. The number of rotatable bonds is 7. The molecular formula is C12H21NO2. The van der Waals surface area contributed by atoms with Gasteiger partial charge in [0.1, 0.15) is 0 Å². The summed E-state index contributed by atoms with van der Waals surface area (Å²) < 4.78 is 10.5. The van der Waals surface area contributed by atoms with E-state index >= 15 is 0 Å². The van der Waals surface area contributed by atoms with E-state index in [0.29, 0.717) is 32.7 Å².